The van der Waals surface area contributed by atoms with Gasteiger partial charge in [0.1, 0.15) is 0 Å². The van der Waals surface area contributed by atoms with Gasteiger partial charge in [-0.2, -0.15) is 0 Å². The molecule has 7 nitrogen and oxygen atoms in total. The molecule has 7 heteroatoms. The highest BCUT2D eigenvalue weighted by molar-refractivity contribution is 6.07. The van der Waals surface area contributed by atoms with Crippen LogP contribution in [0.15, 0.2) is 35.9 Å². The van der Waals surface area contributed by atoms with Gasteiger partial charge in [-0.3, -0.25) is 19.2 Å². The molecule has 138 valence electrons. The maximum absolute atomic E-state index is 12.3. The van der Waals surface area contributed by atoms with Crippen LogP contribution in [0.25, 0.3) is 0 Å². The van der Waals surface area contributed by atoms with Crippen molar-refractivity contribution in [2.24, 2.45) is 11.7 Å². The molecule has 0 spiro atoms. The number of rotatable bonds is 5. The smallest absolute Gasteiger partial charge is 0.251 e. The van der Waals surface area contributed by atoms with Gasteiger partial charge < -0.3 is 16.0 Å². The first-order valence-corrected chi connectivity index (χ1v) is 8.47. The monoisotopic (exact) mass is 357 g/mol. The van der Waals surface area contributed by atoms with E-state index in [9.17, 15) is 19.2 Å². The van der Waals surface area contributed by atoms with Crippen molar-refractivity contribution in [2.45, 2.75) is 26.7 Å². The summed E-state index contributed by atoms with van der Waals surface area (Å²) in [6, 6.07) is 6.53. The first-order valence-electron chi connectivity index (χ1n) is 8.47. The third-order valence-electron chi connectivity index (χ3n) is 4.46. The minimum atomic E-state index is -0.388. The van der Waals surface area contributed by atoms with Crippen molar-refractivity contribution >= 4 is 29.2 Å². The van der Waals surface area contributed by atoms with E-state index in [4.69, 9.17) is 5.73 Å². The molecule has 1 aliphatic rings. The lowest BCUT2D eigenvalue weighted by molar-refractivity contribution is -0.131. The predicted octanol–water partition coefficient (Wildman–Crippen LogP) is 1.50. The molecule has 1 fully saturated rings. The molecule has 0 saturated carbocycles. The Morgan fingerprint density at radius 2 is 1.65 bits per heavy atom. The zero-order chi connectivity index (χ0) is 19.3. The zero-order valence-corrected chi connectivity index (χ0v) is 15.0. The first-order chi connectivity index (χ1) is 12.3. The topological polar surface area (TPSA) is 110 Å². The van der Waals surface area contributed by atoms with E-state index < -0.39 is 0 Å². The highest BCUT2D eigenvalue weighted by atomic mass is 16.2. The second-order valence-corrected chi connectivity index (χ2v) is 6.42. The van der Waals surface area contributed by atoms with Gasteiger partial charge in [0.25, 0.3) is 5.91 Å². The fourth-order valence-electron chi connectivity index (χ4n) is 2.74. The minimum absolute atomic E-state index is 0.0512. The average molecular weight is 357 g/mol. The molecule has 1 aromatic rings. The van der Waals surface area contributed by atoms with Crippen LogP contribution in [0.2, 0.25) is 0 Å². The van der Waals surface area contributed by atoms with E-state index in [0.717, 1.165) is 0 Å². The third-order valence-corrected chi connectivity index (χ3v) is 4.46. The molecular formula is C19H23N3O4. The summed E-state index contributed by atoms with van der Waals surface area (Å²) in [4.78, 5) is 48.5. The van der Waals surface area contributed by atoms with Gasteiger partial charge in [-0.05, 0) is 51.0 Å². The van der Waals surface area contributed by atoms with E-state index in [2.05, 4.69) is 5.32 Å². The van der Waals surface area contributed by atoms with Crippen molar-refractivity contribution in [1.82, 2.24) is 4.90 Å². The fraction of sp³-hybridized carbons (Fsp3) is 0.368. The second kappa shape index (κ2) is 8.42. The molecule has 0 aliphatic carbocycles. The predicted molar refractivity (Wildman–Crippen MR) is 97.3 cm³/mol. The molecule has 26 heavy (non-hydrogen) atoms. The highest BCUT2D eigenvalue weighted by Crippen LogP contribution is 2.17. The number of primary amides is 1. The molecule has 1 saturated heterocycles. The van der Waals surface area contributed by atoms with E-state index in [0.29, 0.717) is 37.2 Å². The van der Waals surface area contributed by atoms with Crippen molar-refractivity contribution in [3.8, 4) is 0 Å². The Kier molecular flexibility index (Phi) is 6.27. The maximum Gasteiger partial charge on any atom is 0.251 e. The second-order valence-electron chi connectivity index (χ2n) is 6.42. The Balaban J connectivity index is 1.93. The van der Waals surface area contributed by atoms with Crippen LogP contribution in [0.3, 0.4) is 0 Å². The normalized spacial score (nSPS) is 15.5. The number of ketones is 1. The molecular weight excluding hydrogens is 334 g/mol. The number of amides is 3. The van der Waals surface area contributed by atoms with Crippen molar-refractivity contribution < 1.29 is 19.2 Å². The van der Waals surface area contributed by atoms with Gasteiger partial charge in [0.15, 0.2) is 5.78 Å². The summed E-state index contributed by atoms with van der Waals surface area (Å²) in [5.41, 5.74) is 6.67. The summed E-state index contributed by atoms with van der Waals surface area (Å²) in [5, 5.41) is 2.69. The zero-order valence-electron chi connectivity index (χ0n) is 15.0. The SMILES string of the molecule is CC(=O)c1ccc(NC(=O)/C(C)=C\C(=O)N2CCC(C(N)=O)CC2)cc1. The number of hydrogen-bond acceptors (Lipinski definition) is 4. The molecule has 2 rings (SSSR count). The summed E-state index contributed by atoms with van der Waals surface area (Å²) in [5.74, 6) is -1.22. The van der Waals surface area contributed by atoms with Gasteiger partial charge in [-0.25, -0.2) is 0 Å². The molecule has 0 aromatic heterocycles. The van der Waals surface area contributed by atoms with E-state index in [1.54, 1.807) is 36.1 Å². The number of anilines is 1. The summed E-state index contributed by atoms with van der Waals surface area (Å²) < 4.78 is 0. The van der Waals surface area contributed by atoms with E-state index in [-0.39, 0.29) is 35.0 Å². The number of hydrogen-bond donors (Lipinski definition) is 2. The molecule has 0 bridgehead atoms. The number of piperidine rings is 1. The lowest BCUT2D eigenvalue weighted by Crippen LogP contribution is -2.41. The van der Waals surface area contributed by atoms with Crippen LogP contribution >= 0.6 is 0 Å². The molecule has 1 aromatic carbocycles. The van der Waals surface area contributed by atoms with E-state index in [1.165, 1.54) is 13.0 Å². The van der Waals surface area contributed by atoms with Gasteiger partial charge in [-0.1, -0.05) is 0 Å². The van der Waals surface area contributed by atoms with Crippen LogP contribution in [-0.4, -0.2) is 41.5 Å². The van der Waals surface area contributed by atoms with Crippen molar-refractivity contribution in [2.75, 3.05) is 18.4 Å². The summed E-state index contributed by atoms with van der Waals surface area (Å²) in [7, 11) is 0. The average Bonchev–Trinajstić information content (AvgIpc) is 2.62. The number of carbonyl (C=O) groups is 4. The van der Waals surface area contributed by atoms with Crippen LogP contribution in [0, 0.1) is 5.92 Å². The standard InChI is InChI=1S/C19H23N3O4/c1-12(11-17(24)22-9-7-15(8-10-22)18(20)25)19(26)21-16-5-3-14(4-6-16)13(2)23/h3-6,11,15H,7-10H2,1-2H3,(H2,20,25)(H,21,26)/b12-11-. The Bertz CT molecular complexity index is 745. The van der Waals surface area contributed by atoms with Gasteiger partial charge in [0.2, 0.25) is 11.8 Å². The largest absolute Gasteiger partial charge is 0.369 e. The fourth-order valence-corrected chi connectivity index (χ4v) is 2.74. The summed E-state index contributed by atoms with van der Waals surface area (Å²) in [6.07, 6.45) is 2.38. The van der Waals surface area contributed by atoms with Gasteiger partial charge >= 0.3 is 0 Å². The molecule has 1 aliphatic heterocycles. The number of carbonyl (C=O) groups excluding carboxylic acids is 4. The lowest BCUT2D eigenvalue weighted by Gasteiger charge is -2.29. The Hall–Kier alpha value is -2.96. The number of nitrogens with two attached hydrogens (primary N) is 1. The molecule has 0 unspecified atom stereocenters. The van der Waals surface area contributed by atoms with Crippen LogP contribution in [0.5, 0.6) is 0 Å². The van der Waals surface area contributed by atoms with Crippen molar-refractivity contribution in [3.63, 3.8) is 0 Å². The van der Waals surface area contributed by atoms with Crippen molar-refractivity contribution in [1.29, 1.82) is 0 Å². The summed E-state index contributed by atoms with van der Waals surface area (Å²) >= 11 is 0. The number of likely N-dealkylation sites (tertiary alicyclic amines) is 1. The van der Waals surface area contributed by atoms with Crippen LogP contribution in [0.4, 0.5) is 5.69 Å². The van der Waals surface area contributed by atoms with E-state index in [1.807, 2.05) is 0 Å². The molecule has 1 heterocycles. The van der Waals surface area contributed by atoms with Gasteiger partial charge in [0.05, 0.1) is 0 Å². The summed E-state index contributed by atoms with van der Waals surface area (Å²) in [6.45, 7) is 3.93. The van der Waals surface area contributed by atoms with Crippen LogP contribution in [0.1, 0.15) is 37.0 Å². The van der Waals surface area contributed by atoms with Gasteiger partial charge in [0, 0.05) is 41.9 Å². The number of benzene rings is 1. The molecule has 3 amide bonds. The Morgan fingerprint density at radius 3 is 2.15 bits per heavy atom. The Labute approximate surface area is 152 Å². The van der Waals surface area contributed by atoms with Crippen LogP contribution < -0.4 is 11.1 Å². The number of nitrogens with zero attached hydrogens (tertiary/aromatic N) is 1. The number of nitrogens with one attached hydrogen (secondary N) is 1. The molecule has 3 N–H and O–H groups in total. The quantitative estimate of drug-likeness (QED) is 0.614. The maximum atomic E-state index is 12.3. The molecule has 0 radical (unpaired) electrons. The first kappa shape index (κ1) is 19.4. The third kappa shape index (κ3) is 5.02. The number of Topliss-reactive ketones (excluding diaryl/α,β-unsaturated/α-hetero) is 1. The Morgan fingerprint density at radius 1 is 1.08 bits per heavy atom. The highest BCUT2D eigenvalue weighted by Gasteiger charge is 2.25. The van der Waals surface area contributed by atoms with Crippen LogP contribution in [-0.2, 0) is 14.4 Å². The van der Waals surface area contributed by atoms with E-state index >= 15 is 0 Å². The van der Waals surface area contributed by atoms with Gasteiger partial charge in [-0.15, -0.1) is 0 Å². The lowest BCUT2D eigenvalue weighted by atomic mass is 9.96. The van der Waals surface area contributed by atoms with Crippen molar-refractivity contribution in [3.05, 3.63) is 41.5 Å². The molecule has 0 atom stereocenters. The minimum Gasteiger partial charge on any atom is -0.369 e.